The Morgan fingerprint density at radius 1 is 1.29 bits per heavy atom. The molecule has 0 radical (unpaired) electrons. The minimum absolute atomic E-state index is 0.0233. The van der Waals surface area contributed by atoms with Crippen molar-refractivity contribution in [3.8, 4) is 0 Å². The van der Waals surface area contributed by atoms with E-state index < -0.39 is 65.5 Å². The second-order valence-electron chi connectivity index (χ2n) is 9.77. The smallest absolute Gasteiger partial charge is 0.352 e. The summed E-state index contributed by atoms with van der Waals surface area (Å²) in [5, 5.41) is 32.6. The molecule has 0 aliphatic carbocycles. The lowest BCUT2D eigenvalue weighted by molar-refractivity contribution is -0.762. The van der Waals surface area contributed by atoms with E-state index in [1.54, 1.807) is 6.92 Å². The Morgan fingerprint density at radius 2 is 2.02 bits per heavy atom. The lowest BCUT2D eigenvalue weighted by Crippen LogP contribution is -2.71. The zero-order chi connectivity index (χ0) is 33.0. The van der Waals surface area contributed by atoms with Gasteiger partial charge in [-0.05, 0) is 6.92 Å². The summed E-state index contributed by atoms with van der Waals surface area (Å²) in [6.07, 6.45) is 0.180. The molecule has 242 valence electrons. The number of nitrogens with one attached hydrogen (secondary N) is 4. The van der Waals surface area contributed by atoms with Crippen LogP contribution in [0.2, 0.25) is 0 Å². The molecule has 45 heavy (non-hydrogen) atoms. The number of nitrogen functional groups attached to an aromatic ring is 2. The molecule has 0 saturated carbocycles. The molecule has 2 unspecified atom stereocenters. The van der Waals surface area contributed by atoms with Gasteiger partial charge in [0.25, 0.3) is 11.8 Å². The van der Waals surface area contributed by atoms with E-state index in [4.69, 9.17) is 27.1 Å². The summed E-state index contributed by atoms with van der Waals surface area (Å²) < 4.78 is 5.44. The van der Waals surface area contributed by atoms with E-state index in [9.17, 15) is 29.1 Å². The lowest BCUT2D eigenvalue weighted by Gasteiger charge is -2.49. The molecule has 22 heteroatoms. The molecule has 4 rings (SSSR count). The van der Waals surface area contributed by atoms with Gasteiger partial charge in [-0.1, -0.05) is 5.16 Å². The second-order valence-corrected chi connectivity index (χ2v) is 11.7. The van der Waals surface area contributed by atoms with E-state index in [1.807, 2.05) is 0 Å². The number of fused-ring (bicyclic) bond motifs is 1. The first kappa shape index (κ1) is 32.9. The minimum atomic E-state index is -1.36. The molecule has 2 aliphatic rings. The summed E-state index contributed by atoms with van der Waals surface area (Å²) in [5.74, 6) is -4.04. The molecule has 2 aromatic rings. The molecule has 2 aromatic heterocycles. The summed E-state index contributed by atoms with van der Waals surface area (Å²) in [6.45, 7) is 3.61. The number of thioether (sulfide) groups is 1. The van der Waals surface area contributed by atoms with E-state index in [1.165, 1.54) is 29.6 Å². The number of aliphatic carboxylic acids is 2. The van der Waals surface area contributed by atoms with E-state index in [0.717, 1.165) is 16.4 Å². The Kier molecular flexibility index (Phi) is 10.1. The Balaban J connectivity index is 1.52. The number of carboxylic acid groups (broad SMARTS) is 2. The van der Waals surface area contributed by atoms with Crippen LogP contribution in [0.25, 0.3) is 0 Å². The fraction of sp³-hybridized carbons (Fsp3) is 0.435. The maximum absolute atomic E-state index is 13.3. The van der Waals surface area contributed by atoms with Gasteiger partial charge in [0.1, 0.15) is 23.2 Å². The Bertz CT molecular complexity index is 1570. The number of aromatic amines is 1. The van der Waals surface area contributed by atoms with E-state index >= 15 is 0 Å². The molecular formula is C23H31N12O8S2+. The molecule has 0 spiro atoms. The maximum atomic E-state index is 13.3. The number of amides is 4. The lowest BCUT2D eigenvalue weighted by atomic mass is 9.99. The average molecular weight is 668 g/mol. The number of carbonyl (C=O) groups is 5. The van der Waals surface area contributed by atoms with Crippen molar-refractivity contribution < 1.29 is 43.7 Å². The average Bonchev–Trinajstić information content (AvgIpc) is 3.57. The summed E-state index contributed by atoms with van der Waals surface area (Å²) in [5.41, 5.74) is 16.9. The highest BCUT2D eigenvalue weighted by atomic mass is 32.2. The van der Waals surface area contributed by atoms with Crippen molar-refractivity contribution in [2.45, 2.75) is 43.8 Å². The van der Waals surface area contributed by atoms with Crippen molar-refractivity contribution in [3.63, 3.8) is 0 Å². The normalized spacial score (nSPS) is 19.2. The van der Waals surface area contributed by atoms with Crippen molar-refractivity contribution in [1.29, 1.82) is 0 Å². The van der Waals surface area contributed by atoms with Gasteiger partial charge < -0.3 is 42.9 Å². The number of urea groups is 1. The third kappa shape index (κ3) is 7.24. The predicted molar refractivity (Wildman–Crippen MR) is 160 cm³/mol. The molecule has 4 atom stereocenters. The van der Waals surface area contributed by atoms with Crippen molar-refractivity contribution >= 4 is 75.4 Å². The van der Waals surface area contributed by atoms with Gasteiger partial charge >= 0.3 is 18.0 Å². The van der Waals surface area contributed by atoms with Crippen LogP contribution in [0, 0.1) is 0 Å². The monoisotopic (exact) mass is 667 g/mol. The van der Waals surface area contributed by atoms with Crippen LogP contribution in [-0.2, 0) is 24.0 Å². The van der Waals surface area contributed by atoms with Crippen LogP contribution in [0.3, 0.4) is 0 Å². The van der Waals surface area contributed by atoms with Crippen LogP contribution in [0.15, 0.2) is 22.6 Å². The largest absolute Gasteiger partial charge is 0.481 e. The molecule has 1 fully saturated rings. The highest BCUT2D eigenvalue weighted by molar-refractivity contribution is 8.00. The number of nitrogens with zero attached hydrogens (tertiary/aromatic N) is 5. The fourth-order valence-electron chi connectivity index (χ4n) is 4.38. The highest BCUT2D eigenvalue weighted by Gasteiger charge is 2.55. The number of hydrogen-bond acceptors (Lipinski definition) is 14. The number of hydrogen-bond donors (Lipinski definition) is 9. The minimum Gasteiger partial charge on any atom is -0.481 e. The van der Waals surface area contributed by atoms with Gasteiger partial charge in [-0.15, -0.1) is 21.5 Å². The van der Waals surface area contributed by atoms with Gasteiger partial charge in [-0.25, -0.2) is 9.59 Å². The number of carbonyl (C=O) groups excluding carboxylic acids is 3. The van der Waals surface area contributed by atoms with Gasteiger partial charge in [0.15, 0.2) is 16.6 Å². The van der Waals surface area contributed by atoms with Gasteiger partial charge in [0, 0.05) is 42.9 Å². The fourth-order valence-corrected chi connectivity index (χ4v) is 6.28. The summed E-state index contributed by atoms with van der Waals surface area (Å²) in [4.78, 5) is 72.1. The van der Waals surface area contributed by atoms with Crippen LogP contribution in [0.5, 0.6) is 0 Å². The second kappa shape index (κ2) is 13.8. The van der Waals surface area contributed by atoms with Crippen LogP contribution < -0.4 is 37.8 Å². The van der Waals surface area contributed by atoms with E-state index in [-0.39, 0.29) is 47.0 Å². The first-order chi connectivity index (χ1) is 21.3. The third-order valence-electron chi connectivity index (χ3n) is 6.55. The van der Waals surface area contributed by atoms with Gasteiger partial charge in [0.05, 0.1) is 6.42 Å². The first-order valence-electron chi connectivity index (χ1n) is 13.2. The highest BCUT2D eigenvalue weighted by Crippen LogP contribution is 2.42. The Hall–Kier alpha value is -4.96. The van der Waals surface area contributed by atoms with Crippen LogP contribution in [-0.4, -0.2) is 101 Å². The molecule has 2 aliphatic heterocycles. The third-order valence-corrected chi connectivity index (χ3v) is 8.39. The standard InChI is InChI=1S/C23H30N12O8S2/c1-8(5-12(36)37)43-32-13(17-30-22(26)45-33-17)18(38)29-14-19(39)35-15(21(40)41)10(7-44-20(14)35)9(2)34-6-11(16(25)31-34)28-23(42)27-4-3-24/h6,8-9,14,20H,3-5,7,24H2,1-2H3,(H9,25,26,27,28,29,30,31,33,36,37,38,40,41,42)/p+1/b32-13-/t8?,9?,14-,20-/m1/s1. The number of anilines is 3. The van der Waals surface area contributed by atoms with Gasteiger partial charge in [-0.3, -0.25) is 24.6 Å². The topological polar surface area (TPSA) is 310 Å². The summed E-state index contributed by atoms with van der Waals surface area (Å²) in [6, 6.07) is -2.31. The number of β-lactam (4-membered cyclic amide) rings is 1. The van der Waals surface area contributed by atoms with Crippen molar-refractivity contribution in [1.82, 2.24) is 30.0 Å². The molecule has 4 heterocycles. The Morgan fingerprint density at radius 3 is 2.64 bits per heavy atom. The van der Waals surface area contributed by atoms with E-state index in [2.05, 4.69) is 35.6 Å². The van der Waals surface area contributed by atoms with Crippen molar-refractivity contribution in [3.05, 3.63) is 23.3 Å². The quantitative estimate of drug-likeness (QED) is 0.0482. The molecule has 20 nitrogen and oxygen atoms in total. The van der Waals surface area contributed by atoms with E-state index in [0.29, 0.717) is 5.57 Å². The van der Waals surface area contributed by atoms with Crippen LogP contribution in [0.1, 0.15) is 32.1 Å². The maximum Gasteiger partial charge on any atom is 0.352 e. The zero-order valence-corrected chi connectivity index (χ0v) is 25.5. The van der Waals surface area contributed by atoms with Crippen LogP contribution in [0.4, 0.5) is 21.4 Å². The molecule has 0 bridgehead atoms. The number of H-pyrrole nitrogens is 1. The zero-order valence-electron chi connectivity index (χ0n) is 23.8. The predicted octanol–water partition coefficient (Wildman–Crippen LogP) is -2.02. The van der Waals surface area contributed by atoms with Gasteiger partial charge in [-0.2, -0.15) is 9.36 Å². The van der Waals surface area contributed by atoms with Gasteiger partial charge in [0.2, 0.25) is 23.8 Å². The number of aromatic nitrogens is 4. The number of oxime groups is 1. The molecule has 1 saturated heterocycles. The number of rotatable bonds is 13. The number of carboxylic acids is 2. The molecule has 0 aromatic carbocycles. The molecule has 4 amide bonds. The summed E-state index contributed by atoms with van der Waals surface area (Å²) >= 11 is 2.00. The molecule has 12 N–H and O–H groups in total. The molecular weight excluding hydrogens is 636 g/mol. The first-order valence-corrected chi connectivity index (χ1v) is 15.1. The number of nitrogens with two attached hydrogens (primary N) is 3. The SMILES string of the molecule is CC(CC(=O)O)O/N=C(\C(=O)N[C@@H]1C(=O)N2C(C(=O)O)=C(C(C)[n+]3cc(NC(=O)NCCN)c(N)[nH]3)CS[C@H]12)c1nsc(N)n1. The summed E-state index contributed by atoms with van der Waals surface area (Å²) in [7, 11) is 0. The Labute approximate surface area is 262 Å². The van der Waals surface area contributed by atoms with Crippen molar-refractivity contribution in [2.75, 3.05) is 35.6 Å². The van der Waals surface area contributed by atoms with Crippen molar-refractivity contribution in [2.24, 2.45) is 10.9 Å². The van der Waals surface area contributed by atoms with Crippen LogP contribution >= 0.6 is 23.3 Å².